The molecule has 0 amide bonds. The number of hydrogen-bond donors (Lipinski definition) is 0. The molecule has 1 aromatic heterocycles. The van der Waals surface area contributed by atoms with Crippen LogP contribution in [0.15, 0.2) is 36.5 Å². The highest BCUT2D eigenvalue weighted by molar-refractivity contribution is 5.70. The molecule has 0 aliphatic carbocycles. The van der Waals surface area contributed by atoms with E-state index in [1.54, 1.807) is 0 Å². The number of alkyl halides is 3. The summed E-state index contributed by atoms with van der Waals surface area (Å²) in [5, 5.41) is 8.61. The van der Waals surface area contributed by atoms with Crippen LogP contribution in [-0.2, 0) is 6.42 Å². The van der Waals surface area contributed by atoms with Crippen molar-refractivity contribution < 1.29 is 22.3 Å². The zero-order valence-corrected chi connectivity index (χ0v) is 10.5. The minimum Gasteiger partial charge on any atom is -0.405 e. The van der Waals surface area contributed by atoms with Crippen molar-refractivity contribution in [2.45, 2.75) is 12.8 Å². The highest BCUT2D eigenvalue weighted by Crippen LogP contribution is 2.34. The van der Waals surface area contributed by atoms with Gasteiger partial charge in [-0.1, -0.05) is 18.2 Å². The van der Waals surface area contributed by atoms with E-state index in [-0.39, 0.29) is 17.5 Å². The van der Waals surface area contributed by atoms with Crippen molar-refractivity contribution in [1.82, 2.24) is 4.98 Å². The molecule has 0 aliphatic heterocycles. The van der Waals surface area contributed by atoms with Crippen LogP contribution in [0.5, 0.6) is 5.75 Å². The Bertz CT molecular complexity index is 692. The van der Waals surface area contributed by atoms with Crippen LogP contribution in [0, 0.1) is 17.3 Å². The smallest absolute Gasteiger partial charge is 0.405 e. The Hall–Kier alpha value is -2.62. The van der Waals surface area contributed by atoms with Crippen molar-refractivity contribution in [3.05, 3.63) is 48.0 Å². The molecule has 1 aromatic carbocycles. The molecule has 3 nitrogen and oxygen atoms in total. The lowest BCUT2D eigenvalue weighted by molar-refractivity contribution is -0.274. The lowest BCUT2D eigenvalue weighted by Crippen LogP contribution is -2.17. The van der Waals surface area contributed by atoms with E-state index >= 15 is 0 Å². The highest BCUT2D eigenvalue weighted by Gasteiger charge is 2.32. The van der Waals surface area contributed by atoms with Gasteiger partial charge in [0.2, 0.25) is 5.95 Å². The Labute approximate surface area is 117 Å². The predicted octanol–water partition coefficient (Wildman–Crippen LogP) is 3.85. The number of pyridine rings is 1. The summed E-state index contributed by atoms with van der Waals surface area (Å²) in [6, 6.07) is 8.31. The second-order valence-electron chi connectivity index (χ2n) is 4.06. The van der Waals surface area contributed by atoms with Gasteiger partial charge in [0.05, 0.1) is 12.5 Å². The van der Waals surface area contributed by atoms with Crippen LogP contribution in [-0.4, -0.2) is 11.3 Å². The van der Waals surface area contributed by atoms with Crippen molar-refractivity contribution in [2.24, 2.45) is 0 Å². The Morgan fingerprint density at radius 3 is 2.57 bits per heavy atom. The molecule has 0 bridgehead atoms. The average molecular weight is 296 g/mol. The maximum absolute atomic E-state index is 13.8. The summed E-state index contributed by atoms with van der Waals surface area (Å²) in [4.78, 5) is 3.46. The molecule has 0 atom stereocenters. The molecule has 0 spiro atoms. The van der Waals surface area contributed by atoms with Crippen LogP contribution in [0.1, 0.15) is 5.56 Å². The molecule has 0 saturated heterocycles. The van der Waals surface area contributed by atoms with Crippen molar-refractivity contribution in [1.29, 1.82) is 5.26 Å². The second kappa shape index (κ2) is 5.79. The Morgan fingerprint density at radius 2 is 1.90 bits per heavy atom. The third kappa shape index (κ3) is 3.69. The lowest BCUT2D eigenvalue weighted by Gasteiger charge is -2.13. The summed E-state index contributed by atoms with van der Waals surface area (Å²) in [7, 11) is 0. The third-order valence-corrected chi connectivity index (χ3v) is 2.58. The fraction of sp³-hybridized carbons (Fsp3) is 0.143. The molecule has 0 radical (unpaired) electrons. The average Bonchev–Trinajstić information content (AvgIpc) is 2.40. The number of halogens is 4. The van der Waals surface area contributed by atoms with Gasteiger partial charge >= 0.3 is 6.36 Å². The van der Waals surface area contributed by atoms with Crippen LogP contribution in [0.2, 0.25) is 0 Å². The van der Waals surface area contributed by atoms with Crippen molar-refractivity contribution in [3.8, 4) is 22.9 Å². The van der Waals surface area contributed by atoms with Gasteiger partial charge in [0, 0.05) is 17.3 Å². The molecule has 1 heterocycles. The minimum atomic E-state index is -4.88. The molecule has 0 saturated carbocycles. The van der Waals surface area contributed by atoms with Gasteiger partial charge in [0.15, 0.2) is 0 Å². The Balaban J connectivity index is 2.52. The summed E-state index contributed by atoms with van der Waals surface area (Å²) < 4.78 is 54.7. The fourth-order valence-corrected chi connectivity index (χ4v) is 1.77. The molecule has 2 rings (SSSR count). The molecule has 0 aliphatic rings. The van der Waals surface area contributed by atoms with E-state index in [4.69, 9.17) is 5.26 Å². The van der Waals surface area contributed by atoms with Gasteiger partial charge in [0.25, 0.3) is 0 Å². The molecule has 0 unspecified atom stereocenters. The van der Waals surface area contributed by atoms with E-state index in [1.807, 2.05) is 6.07 Å². The SMILES string of the molecule is N#CCc1cnc(F)c(-c2ccccc2OC(F)(F)F)c1. The number of nitriles is 1. The predicted molar refractivity (Wildman–Crippen MR) is 65.6 cm³/mol. The first-order valence-electron chi connectivity index (χ1n) is 5.77. The number of hydrogen-bond acceptors (Lipinski definition) is 3. The quantitative estimate of drug-likeness (QED) is 0.638. The van der Waals surface area contributed by atoms with Crippen LogP contribution in [0.4, 0.5) is 17.6 Å². The number of aromatic nitrogens is 1. The van der Waals surface area contributed by atoms with Gasteiger partial charge in [-0.15, -0.1) is 13.2 Å². The molecule has 21 heavy (non-hydrogen) atoms. The molecular weight excluding hydrogens is 288 g/mol. The van der Waals surface area contributed by atoms with Gasteiger partial charge in [-0.2, -0.15) is 9.65 Å². The number of nitrogens with zero attached hydrogens (tertiary/aromatic N) is 2. The monoisotopic (exact) mass is 296 g/mol. The maximum atomic E-state index is 13.8. The molecule has 0 fully saturated rings. The lowest BCUT2D eigenvalue weighted by atomic mass is 10.0. The fourth-order valence-electron chi connectivity index (χ4n) is 1.77. The topological polar surface area (TPSA) is 45.9 Å². The zero-order valence-electron chi connectivity index (χ0n) is 10.5. The van der Waals surface area contributed by atoms with Gasteiger partial charge in [-0.25, -0.2) is 4.98 Å². The first-order valence-corrected chi connectivity index (χ1v) is 5.77. The standard InChI is InChI=1S/C14H8F4N2O/c15-13-11(7-9(5-6-19)8-20-13)10-3-1-2-4-12(10)21-14(16,17)18/h1-4,7-8H,5H2. The summed E-state index contributed by atoms with van der Waals surface area (Å²) >= 11 is 0. The first-order chi connectivity index (χ1) is 9.90. The van der Waals surface area contributed by atoms with Crippen molar-refractivity contribution in [2.75, 3.05) is 0 Å². The van der Waals surface area contributed by atoms with Gasteiger partial charge in [0.1, 0.15) is 5.75 Å². The normalized spacial score (nSPS) is 11.0. The molecule has 0 N–H and O–H groups in total. The van der Waals surface area contributed by atoms with Gasteiger partial charge < -0.3 is 4.74 Å². The molecule has 7 heteroatoms. The van der Waals surface area contributed by atoms with Crippen molar-refractivity contribution >= 4 is 0 Å². The van der Waals surface area contributed by atoms with Gasteiger partial charge in [-0.05, 0) is 17.7 Å². The van der Waals surface area contributed by atoms with E-state index in [0.29, 0.717) is 5.56 Å². The van der Waals surface area contributed by atoms with Gasteiger partial charge in [-0.3, -0.25) is 0 Å². The maximum Gasteiger partial charge on any atom is 0.573 e. The Kier molecular flexibility index (Phi) is 4.08. The largest absolute Gasteiger partial charge is 0.573 e. The first kappa shape index (κ1) is 14.8. The molecule has 108 valence electrons. The molecular formula is C14H8F4N2O. The van der Waals surface area contributed by atoms with E-state index in [2.05, 4.69) is 9.72 Å². The highest BCUT2D eigenvalue weighted by atomic mass is 19.4. The Morgan fingerprint density at radius 1 is 1.19 bits per heavy atom. The third-order valence-electron chi connectivity index (χ3n) is 2.58. The van der Waals surface area contributed by atoms with E-state index in [1.165, 1.54) is 24.3 Å². The van der Waals surface area contributed by atoms with E-state index in [0.717, 1.165) is 12.3 Å². The summed E-state index contributed by atoms with van der Waals surface area (Å²) in [5.41, 5.74) is 0.165. The number of ether oxygens (including phenoxy) is 1. The van der Waals surface area contributed by atoms with Crippen LogP contribution >= 0.6 is 0 Å². The summed E-state index contributed by atoms with van der Waals surface area (Å²) in [5.74, 6) is -1.46. The molecule has 2 aromatic rings. The van der Waals surface area contributed by atoms with Crippen LogP contribution in [0.25, 0.3) is 11.1 Å². The zero-order chi connectivity index (χ0) is 15.5. The van der Waals surface area contributed by atoms with E-state index in [9.17, 15) is 17.6 Å². The summed E-state index contributed by atoms with van der Waals surface area (Å²) in [6.45, 7) is 0. The number of para-hydroxylation sites is 1. The second-order valence-corrected chi connectivity index (χ2v) is 4.06. The number of rotatable bonds is 3. The van der Waals surface area contributed by atoms with Crippen LogP contribution in [0.3, 0.4) is 0 Å². The summed E-state index contributed by atoms with van der Waals surface area (Å²) in [6.07, 6.45) is -3.75. The van der Waals surface area contributed by atoms with E-state index < -0.39 is 18.1 Å². The van der Waals surface area contributed by atoms with Crippen LogP contribution < -0.4 is 4.74 Å². The number of benzene rings is 1. The van der Waals surface area contributed by atoms with Crippen molar-refractivity contribution in [3.63, 3.8) is 0 Å². The minimum absolute atomic E-state index is 0.0252.